The van der Waals surface area contributed by atoms with Gasteiger partial charge in [-0.2, -0.15) is 0 Å². The Morgan fingerprint density at radius 2 is 0.504 bits per heavy atom. The van der Waals surface area contributed by atoms with Crippen LogP contribution in [0.4, 0.5) is 0 Å². The molecule has 5 heterocycles. The van der Waals surface area contributed by atoms with Crippen LogP contribution in [0.1, 0.15) is 0 Å². The van der Waals surface area contributed by atoms with Crippen LogP contribution in [0.25, 0.3) is 244 Å². The summed E-state index contributed by atoms with van der Waals surface area (Å²) in [6, 6.07) is 186. The summed E-state index contributed by atoms with van der Waals surface area (Å²) in [5.74, 6) is 0. The third kappa shape index (κ3) is 15.4. The molecule has 634 valence electrons. The lowest BCUT2D eigenvalue weighted by Gasteiger charge is -2.18. The SMILES string of the molecule is c1ccc(-c2cccc(-c3sc(-c4c(-c5ccccc5)cccc4-c4cccc5c6ccccc6n(-c6ccccc6)c45)c4ccccc34)c2)cc1.c1ccc(-c2cccc(-c3sc(-c4cccc(-c5ccc6oc7ccccc7c6c5)c4-c4ccccc4)c4ccccc34)c2)cc1.c1ccc(-c2cccc(-c3sc(-c4ccccc4-c4ccc5ccccc5c4)c4ccccc34)c2)cc1. The minimum Gasteiger partial charge on any atom is -0.456 e. The largest absolute Gasteiger partial charge is 0.456 e. The molecule has 26 aromatic rings. The van der Waals surface area contributed by atoms with Crippen molar-refractivity contribution in [2.75, 3.05) is 0 Å². The zero-order valence-electron chi connectivity index (χ0n) is 73.7. The summed E-state index contributed by atoms with van der Waals surface area (Å²) in [5, 5.41) is 15.0. The summed E-state index contributed by atoms with van der Waals surface area (Å²) in [5.41, 5.74) is 32.6. The lowest BCUT2D eigenvalue weighted by atomic mass is 9.88. The van der Waals surface area contributed by atoms with Gasteiger partial charge in [-0.15, -0.1) is 34.0 Å². The molecule has 0 amide bonds. The van der Waals surface area contributed by atoms with E-state index >= 15 is 0 Å². The van der Waals surface area contributed by atoms with Crippen LogP contribution in [0.5, 0.6) is 0 Å². The first kappa shape index (κ1) is 81.6. The Balaban J connectivity index is 0.000000113. The van der Waals surface area contributed by atoms with Gasteiger partial charge in [0.15, 0.2) is 0 Å². The highest BCUT2D eigenvalue weighted by Crippen LogP contribution is 2.55. The van der Waals surface area contributed by atoms with Crippen LogP contribution >= 0.6 is 34.0 Å². The van der Waals surface area contributed by atoms with Crippen LogP contribution in [0.3, 0.4) is 0 Å². The number of benzene rings is 21. The minimum absolute atomic E-state index is 0.911. The van der Waals surface area contributed by atoms with Gasteiger partial charge in [0.25, 0.3) is 0 Å². The van der Waals surface area contributed by atoms with Gasteiger partial charge in [0, 0.05) is 111 Å². The summed E-state index contributed by atoms with van der Waals surface area (Å²) in [4.78, 5) is 7.78. The predicted molar refractivity (Wildman–Crippen MR) is 581 cm³/mol. The molecule has 0 atom stereocenters. The third-order valence-corrected chi connectivity index (χ3v) is 30.1. The number of rotatable bonds is 15. The van der Waals surface area contributed by atoms with Gasteiger partial charge >= 0.3 is 0 Å². The fraction of sp³-hybridized carbons (Fsp3) is 0. The van der Waals surface area contributed by atoms with Crippen molar-refractivity contribution < 1.29 is 4.42 Å². The van der Waals surface area contributed by atoms with Crippen molar-refractivity contribution in [1.29, 1.82) is 0 Å². The van der Waals surface area contributed by atoms with Crippen LogP contribution in [-0.4, -0.2) is 4.57 Å². The molecule has 21 aromatic carbocycles. The molecule has 5 aromatic heterocycles. The summed E-state index contributed by atoms with van der Waals surface area (Å²) in [6.45, 7) is 0. The van der Waals surface area contributed by atoms with Gasteiger partial charge in [0.2, 0.25) is 0 Å². The first-order valence-electron chi connectivity index (χ1n) is 46.0. The number of thiophene rings is 3. The fourth-order valence-electron chi connectivity index (χ4n) is 20.0. The molecule has 0 unspecified atom stereocenters. The van der Waals surface area contributed by atoms with Crippen molar-refractivity contribution >= 4 is 121 Å². The molecule has 26 rings (SSSR count). The molecule has 0 bridgehead atoms. The van der Waals surface area contributed by atoms with E-state index in [1.165, 1.54) is 217 Å². The second-order valence-electron chi connectivity index (χ2n) is 34.3. The van der Waals surface area contributed by atoms with Gasteiger partial charge < -0.3 is 8.98 Å². The molecule has 135 heavy (non-hydrogen) atoms. The predicted octanol–water partition coefficient (Wildman–Crippen LogP) is 38.2. The highest BCUT2D eigenvalue weighted by Gasteiger charge is 2.27. The molecule has 0 aliphatic rings. The highest BCUT2D eigenvalue weighted by molar-refractivity contribution is 7.22. The summed E-state index contributed by atoms with van der Waals surface area (Å²) < 4.78 is 8.63. The van der Waals surface area contributed by atoms with E-state index in [2.05, 4.69) is 508 Å². The molecular formula is C130H85NOS3. The molecule has 2 nitrogen and oxygen atoms in total. The van der Waals surface area contributed by atoms with Gasteiger partial charge in [0.05, 0.1) is 11.0 Å². The highest BCUT2D eigenvalue weighted by atomic mass is 32.1. The van der Waals surface area contributed by atoms with E-state index < -0.39 is 0 Å². The molecule has 0 fully saturated rings. The number of furan rings is 1. The minimum atomic E-state index is 0.911. The van der Waals surface area contributed by atoms with Crippen LogP contribution in [0, 0.1) is 0 Å². The number of nitrogens with zero attached hydrogens (tertiary/aromatic N) is 1. The maximum Gasteiger partial charge on any atom is 0.135 e. The molecule has 0 saturated heterocycles. The molecule has 5 heteroatoms. The number of para-hydroxylation sites is 4. The van der Waals surface area contributed by atoms with E-state index in [0.717, 1.165) is 27.6 Å². The number of hydrogen-bond donors (Lipinski definition) is 0. The zero-order chi connectivity index (χ0) is 89.5. The van der Waals surface area contributed by atoms with E-state index in [4.69, 9.17) is 4.42 Å². The van der Waals surface area contributed by atoms with Gasteiger partial charge in [0.1, 0.15) is 11.2 Å². The van der Waals surface area contributed by atoms with E-state index in [0.29, 0.717) is 0 Å². The molecule has 0 saturated carbocycles. The standard InChI is InChI=1S/C50H33NS.C44H28OS.C36H24S/c1-4-17-34(18-5-1)36-21-14-22-37(33-36)49-44-26-10-11-27-45(44)50(52-49)47-39(35-19-6-2-7-20-35)28-15-29-41(47)43-31-16-30-42-40-25-12-13-32-46(40)51(48(42)43)38-23-8-3-9-24-38;1-3-13-29(14-4-1)31-17-11-18-33(27-31)43-36-20-7-8-21-37(36)44(46-43)38-23-12-22-34(42(38)30-15-5-2-6-16-30)32-25-26-41-39(28-32)35-19-9-10-24-40(35)45-41;1-2-11-25(12-3-1)28-15-10-16-30(24-28)35-33-19-8-9-20-34(33)36(37-35)32-18-7-6-17-31(32)29-22-21-26-13-4-5-14-27(26)23-29/h1-33H;1-28H;1-24H. The third-order valence-electron chi connectivity index (χ3n) is 26.2. The normalized spacial score (nSPS) is 11.4. The Morgan fingerprint density at radius 1 is 0.156 bits per heavy atom. The topological polar surface area (TPSA) is 18.1 Å². The Kier molecular flexibility index (Phi) is 21.7. The average Bonchev–Trinajstić information content (AvgIpc) is 1.58. The van der Waals surface area contributed by atoms with Crippen LogP contribution in [0.15, 0.2) is 520 Å². The summed E-state index contributed by atoms with van der Waals surface area (Å²) in [7, 11) is 0. The summed E-state index contributed by atoms with van der Waals surface area (Å²) in [6.07, 6.45) is 0. The van der Waals surface area contributed by atoms with Gasteiger partial charge in [-0.1, -0.05) is 455 Å². The first-order valence-corrected chi connectivity index (χ1v) is 48.4. The van der Waals surface area contributed by atoms with Crippen LogP contribution in [-0.2, 0) is 0 Å². The van der Waals surface area contributed by atoms with Crippen LogP contribution < -0.4 is 0 Å². The van der Waals surface area contributed by atoms with E-state index in [-0.39, 0.29) is 0 Å². The van der Waals surface area contributed by atoms with Crippen molar-refractivity contribution in [3.8, 4) is 157 Å². The maximum atomic E-state index is 6.18. The quantitative estimate of drug-likeness (QED) is 0.100. The van der Waals surface area contributed by atoms with E-state index in [1.54, 1.807) is 0 Å². The van der Waals surface area contributed by atoms with Crippen molar-refractivity contribution in [1.82, 2.24) is 4.57 Å². The lowest BCUT2D eigenvalue weighted by Crippen LogP contribution is -1.96. The fourth-order valence-corrected chi connectivity index (χ4v) is 23.9. The van der Waals surface area contributed by atoms with Crippen molar-refractivity contribution in [3.63, 3.8) is 0 Å². The molecular weight excluding hydrogens is 1690 g/mol. The van der Waals surface area contributed by atoms with Gasteiger partial charge in [-0.25, -0.2) is 0 Å². The lowest BCUT2D eigenvalue weighted by molar-refractivity contribution is 0.669. The van der Waals surface area contributed by atoms with E-state index in [9.17, 15) is 0 Å². The number of hydrogen-bond acceptors (Lipinski definition) is 4. The second kappa shape index (κ2) is 35.9. The summed E-state index contributed by atoms with van der Waals surface area (Å²) >= 11 is 5.69. The number of aromatic nitrogens is 1. The van der Waals surface area contributed by atoms with Crippen molar-refractivity contribution in [2.45, 2.75) is 0 Å². The van der Waals surface area contributed by atoms with E-state index in [1.807, 2.05) is 46.1 Å². The maximum absolute atomic E-state index is 6.18. The smallest absolute Gasteiger partial charge is 0.135 e. The monoisotopic (exact) mass is 1770 g/mol. The average molecular weight is 1770 g/mol. The second-order valence-corrected chi connectivity index (χ2v) is 37.3. The molecule has 0 aliphatic carbocycles. The number of fused-ring (bicyclic) bond motifs is 10. The molecule has 0 radical (unpaired) electrons. The Morgan fingerprint density at radius 3 is 1.07 bits per heavy atom. The first-order chi connectivity index (χ1) is 67.0. The Bertz CT molecular complexity index is 8910. The van der Waals surface area contributed by atoms with Crippen molar-refractivity contribution in [2.24, 2.45) is 0 Å². The molecule has 0 N–H and O–H groups in total. The van der Waals surface area contributed by atoms with Gasteiger partial charge in [-0.3, -0.25) is 0 Å². The Labute approximate surface area is 796 Å². The molecule has 0 aliphatic heterocycles. The zero-order valence-corrected chi connectivity index (χ0v) is 76.1. The van der Waals surface area contributed by atoms with Crippen molar-refractivity contribution in [3.05, 3.63) is 516 Å². The molecule has 0 spiro atoms. The van der Waals surface area contributed by atoms with Crippen LogP contribution in [0.2, 0.25) is 0 Å². The Hall–Kier alpha value is -16.6. The van der Waals surface area contributed by atoms with Gasteiger partial charge in [-0.05, 0) is 172 Å².